The third-order valence-electron chi connectivity index (χ3n) is 5.51. The van der Waals surface area contributed by atoms with Crippen LogP contribution in [0.4, 0.5) is 13.2 Å². The number of aromatic nitrogens is 2. The summed E-state index contributed by atoms with van der Waals surface area (Å²) in [5.74, 6) is 0.930. The van der Waals surface area contributed by atoms with Crippen molar-refractivity contribution >= 4 is 11.8 Å². The largest absolute Gasteiger partial charge is 0.454 e. The highest BCUT2D eigenvalue weighted by molar-refractivity contribution is 7.98. The van der Waals surface area contributed by atoms with Crippen molar-refractivity contribution in [3.05, 3.63) is 83.2 Å². The van der Waals surface area contributed by atoms with Crippen LogP contribution in [-0.2, 0) is 18.7 Å². The zero-order chi connectivity index (χ0) is 22.6. The fraction of sp³-hybridized carbons (Fsp3) is 0.333. The smallest absolute Gasteiger partial charge is 0.422 e. The molecule has 0 aliphatic carbocycles. The quantitative estimate of drug-likeness (QED) is 0.416. The molecule has 168 valence electrons. The summed E-state index contributed by atoms with van der Waals surface area (Å²) in [7, 11) is 0. The van der Waals surface area contributed by atoms with Gasteiger partial charge >= 0.3 is 12.2 Å². The summed E-state index contributed by atoms with van der Waals surface area (Å²) in [6, 6.07) is 16.9. The van der Waals surface area contributed by atoms with E-state index in [4.69, 9.17) is 0 Å². The van der Waals surface area contributed by atoms with Crippen molar-refractivity contribution < 1.29 is 17.9 Å². The summed E-state index contributed by atoms with van der Waals surface area (Å²) >= 11 is 1.83. The molecular weight excluding hydrogens is 435 g/mol. The van der Waals surface area contributed by atoms with E-state index in [0.717, 1.165) is 30.8 Å². The molecule has 0 saturated heterocycles. The van der Waals surface area contributed by atoms with Crippen molar-refractivity contribution in [1.29, 1.82) is 0 Å². The van der Waals surface area contributed by atoms with Crippen molar-refractivity contribution in [1.82, 2.24) is 14.9 Å². The topological polar surface area (TPSA) is 38.3 Å². The molecule has 4 rings (SSSR count). The highest BCUT2D eigenvalue weighted by atomic mass is 32.2. The number of thioether (sulfide) groups is 1. The van der Waals surface area contributed by atoms with Crippen LogP contribution in [0, 0.1) is 0 Å². The first kappa shape index (κ1) is 22.6. The van der Waals surface area contributed by atoms with E-state index in [1.165, 1.54) is 21.6 Å². The van der Waals surface area contributed by atoms with Crippen molar-refractivity contribution in [2.75, 3.05) is 13.2 Å². The van der Waals surface area contributed by atoms with Gasteiger partial charge in [0, 0.05) is 47.7 Å². The Morgan fingerprint density at radius 2 is 1.81 bits per heavy atom. The van der Waals surface area contributed by atoms with E-state index in [9.17, 15) is 13.2 Å². The minimum absolute atomic E-state index is 0.0421. The van der Waals surface area contributed by atoms with E-state index in [0.29, 0.717) is 0 Å². The molecule has 1 atom stereocenters. The van der Waals surface area contributed by atoms with Crippen molar-refractivity contribution in [3.8, 4) is 6.01 Å². The molecule has 0 saturated carbocycles. The minimum atomic E-state index is -4.41. The molecule has 0 N–H and O–H groups in total. The van der Waals surface area contributed by atoms with E-state index in [-0.39, 0.29) is 12.1 Å². The monoisotopic (exact) mass is 459 g/mol. The maximum absolute atomic E-state index is 12.3. The lowest BCUT2D eigenvalue weighted by Gasteiger charge is -2.34. The summed E-state index contributed by atoms with van der Waals surface area (Å²) in [5, 5.41) is 0. The predicted octanol–water partition coefficient (Wildman–Crippen LogP) is 5.83. The van der Waals surface area contributed by atoms with Gasteiger partial charge in [0.05, 0.1) is 0 Å². The summed E-state index contributed by atoms with van der Waals surface area (Å²) in [6.45, 7) is 2.38. The Balaban J connectivity index is 1.38. The lowest BCUT2D eigenvalue weighted by atomic mass is 9.97. The van der Waals surface area contributed by atoms with Gasteiger partial charge in [-0.05, 0) is 42.2 Å². The summed E-state index contributed by atoms with van der Waals surface area (Å²) in [5.41, 5.74) is 4.83. The molecule has 1 aromatic heterocycles. The molecule has 1 aliphatic heterocycles. The van der Waals surface area contributed by atoms with Crippen LogP contribution >= 0.6 is 11.8 Å². The number of benzene rings is 2. The highest BCUT2D eigenvalue weighted by Crippen LogP contribution is 2.31. The molecule has 0 radical (unpaired) electrons. The van der Waals surface area contributed by atoms with Gasteiger partial charge in [0.2, 0.25) is 0 Å². The fourth-order valence-electron chi connectivity index (χ4n) is 3.69. The van der Waals surface area contributed by atoms with Crippen LogP contribution < -0.4 is 4.74 Å². The lowest BCUT2D eigenvalue weighted by molar-refractivity contribution is -0.154. The number of fused-ring (bicyclic) bond motifs is 1. The Bertz CT molecular complexity index is 1030. The second-order valence-corrected chi connectivity index (χ2v) is 8.85. The van der Waals surface area contributed by atoms with Gasteiger partial charge in [-0.1, -0.05) is 36.4 Å². The first-order chi connectivity index (χ1) is 15.4. The third-order valence-corrected chi connectivity index (χ3v) is 6.58. The highest BCUT2D eigenvalue weighted by Gasteiger charge is 2.29. The summed E-state index contributed by atoms with van der Waals surface area (Å²) in [6.07, 6.45) is -0.359. The number of rotatable bonds is 7. The fourth-order valence-corrected chi connectivity index (χ4v) is 4.61. The molecule has 0 fully saturated rings. The third kappa shape index (κ3) is 6.01. The van der Waals surface area contributed by atoms with Gasteiger partial charge in [0.25, 0.3) is 0 Å². The number of hydrogen-bond donors (Lipinski definition) is 0. The van der Waals surface area contributed by atoms with Crippen molar-refractivity contribution in [3.63, 3.8) is 0 Å². The molecule has 0 amide bonds. The Morgan fingerprint density at radius 3 is 2.53 bits per heavy atom. The number of halogens is 3. The van der Waals surface area contributed by atoms with E-state index in [2.05, 4.69) is 69.0 Å². The Kier molecular flexibility index (Phi) is 7.01. The van der Waals surface area contributed by atoms with Crippen LogP contribution in [0.3, 0.4) is 0 Å². The number of hydrogen-bond acceptors (Lipinski definition) is 5. The molecule has 2 heterocycles. The maximum Gasteiger partial charge on any atom is 0.422 e. The molecule has 4 nitrogen and oxygen atoms in total. The van der Waals surface area contributed by atoms with Gasteiger partial charge in [0.1, 0.15) is 0 Å². The standard InChI is InChI=1S/C24H24F3N3OS/c1-17(21-12-28-23(29-13-21)31-16-24(25,26)27)30-10-9-19-7-8-22(11-20(19)14-30)32-15-18-5-3-2-4-6-18/h2-8,11-13,17H,9-10,14-16H2,1H3/t17-/m1/s1. The average Bonchev–Trinajstić information content (AvgIpc) is 2.81. The van der Waals surface area contributed by atoms with Crippen molar-refractivity contribution in [2.24, 2.45) is 0 Å². The zero-order valence-corrected chi connectivity index (χ0v) is 18.5. The van der Waals surface area contributed by atoms with Crippen LogP contribution in [-0.4, -0.2) is 34.2 Å². The van der Waals surface area contributed by atoms with Crippen LogP contribution in [0.2, 0.25) is 0 Å². The van der Waals surface area contributed by atoms with Gasteiger partial charge < -0.3 is 4.74 Å². The van der Waals surface area contributed by atoms with Gasteiger partial charge in [-0.25, -0.2) is 9.97 Å². The molecule has 0 unspecified atom stereocenters. The number of ether oxygens (including phenoxy) is 1. The molecule has 32 heavy (non-hydrogen) atoms. The second-order valence-electron chi connectivity index (χ2n) is 7.80. The van der Waals surface area contributed by atoms with E-state index in [1.54, 1.807) is 12.4 Å². The lowest BCUT2D eigenvalue weighted by Crippen LogP contribution is -2.33. The van der Waals surface area contributed by atoms with E-state index < -0.39 is 12.8 Å². The Hall–Kier alpha value is -2.58. The maximum atomic E-state index is 12.3. The molecule has 8 heteroatoms. The first-order valence-corrected chi connectivity index (χ1v) is 11.4. The SMILES string of the molecule is C[C@H](c1cnc(OCC(F)(F)F)nc1)N1CCc2ccc(SCc3ccccc3)cc2C1. The van der Waals surface area contributed by atoms with Crippen LogP contribution in [0.25, 0.3) is 0 Å². The Labute approximate surface area is 189 Å². The first-order valence-electron chi connectivity index (χ1n) is 10.4. The van der Waals surface area contributed by atoms with E-state index >= 15 is 0 Å². The predicted molar refractivity (Wildman–Crippen MR) is 119 cm³/mol. The van der Waals surface area contributed by atoms with Gasteiger partial charge in [-0.2, -0.15) is 13.2 Å². The molecule has 2 aromatic carbocycles. The number of nitrogens with zero attached hydrogens (tertiary/aromatic N) is 3. The van der Waals surface area contributed by atoms with Crippen LogP contribution in [0.15, 0.2) is 65.8 Å². The van der Waals surface area contributed by atoms with E-state index in [1.807, 2.05) is 17.8 Å². The van der Waals surface area contributed by atoms with Gasteiger partial charge in [-0.3, -0.25) is 4.90 Å². The molecular formula is C24H24F3N3OS. The molecule has 0 spiro atoms. The zero-order valence-electron chi connectivity index (χ0n) is 17.7. The normalized spacial score (nSPS) is 15.2. The number of alkyl halides is 3. The second kappa shape index (κ2) is 9.92. The van der Waals surface area contributed by atoms with Crippen molar-refractivity contribution in [2.45, 2.75) is 42.8 Å². The van der Waals surface area contributed by atoms with Gasteiger partial charge in [0.15, 0.2) is 6.61 Å². The summed E-state index contributed by atoms with van der Waals surface area (Å²) < 4.78 is 41.5. The molecule has 3 aromatic rings. The minimum Gasteiger partial charge on any atom is -0.454 e. The average molecular weight is 460 g/mol. The van der Waals surface area contributed by atoms with Gasteiger partial charge in [-0.15, -0.1) is 11.8 Å². The Morgan fingerprint density at radius 1 is 1.06 bits per heavy atom. The summed E-state index contributed by atoms with van der Waals surface area (Å²) in [4.78, 5) is 11.5. The molecule has 1 aliphatic rings. The molecule has 0 bridgehead atoms. The van der Waals surface area contributed by atoms with Crippen LogP contribution in [0.1, 0.15) is 35.2 Å². The van der Waals surface area contributed by atoms with Crippen LogP contribution in [0.5, 0.6) is 6.01 Å².